The smallest absolute Gasteiger partial charge is 0.260 e. The number of amides is 1. The second-order valence-corrected chi connectivity index (χ2v) is 12.1. The van der Waals surface area contributed by atoms with Crippen molar-refractivity contribution in [3.63, 3.8) is 0 Å². The van der Waals surface area contributed by atoms with Crippen LogP contribution in [0.2, 0.25) is 0 Å². The van der Waals surface area contributed by atoms with Gasteiger partial charge >= 0.3 is 0 Å². The second kappa shape index (κ2) is 15.6. The number of aromatic nitrogens is 7. The van der Waals surface area contributed by atoms with E-state index in [9.17, 15) is 4.79 Å². The Morgan fingerprint density at radius 1 is 0.857 bits per heavy atom. The van der Waals surface area contributed by atoms with Gasteiger partial charge in [-0.3, -0.25) is 14.7 Å². The van der Waals surface area contributed by atoms with Crippen LogP contribution in [0.1, 0.15) is 63.8 Å². The van der Waals surface area contributed by atoms with Gasteiger partial charge in [0.2, 0.25) is 11.8 Å². The lowest BCUT2D eigenvalue weighted by atomic mass is 9.93. The number of hydrogen-bond donors (Lipinski definition) is 1. The standard InChI is InChI=1S/C38H43N9O2/c1-5-8-13-35-34(22-28-14-17-29(18-15-28)32-11-9-10-12-33(32)36-42-44-45-43-36)37(48)47(26(4)46(35)7-3)38-40-24-31(25-41-38)49-21-20-30-19-16-27(6-2)23-39-30/h9-12,14-19,23-26H,5-8,13,20-22H2,1-4H3,(H,42,43,44,45). The first-order chi connectivity index (χ1) is 24.0. The van der Waals surface area contributed by atoms with Crippen molar-refractivity contribution in [3.8, 4) is 28.3 Å². The predicted octanol–water partition coefficient (Wildman–Crippen LogP) is 6.60. The Labute approximate surface area is 287 Å². The molecule has 0 saturated heterocycles. The van der Waals surface area contributed by atoms with E-state index in [2.05, 4.69) is 91.6 Å². The zero-order valence-electron chi connectivity index (χ0n) is 28.6. The summed E-state index contributed by atoms with van der Waals surface area (Å²) < 4.78 is 5.94. The molecular weight excluding hydrogens is 614 g/mol. The van der Waals surface area contributed by atoms with Crippen molar-refractivity contribution < 1.29 is 9.53 Å². The average Bonchev–Trinajstić information content (AvgIpc) is 3.69. The van der Waals surface area contributed by atoms with E-state index in [4.69, 9.17) is 4.74 Å². The van der Waals surface area contributed by atoms with Crippen molar-refractivity contribution in [2.75, 3.05) is 18.1 Å². The molecule has 2 aromatic carbocycles. The van der Waals surface area contributed by atoms with Crippen molar-refractivity contribution in [2.24, 2.45) is 0 Å². The van der Waals surface area contributed by atoms with Gasteiger partial charge in [0.05, 0.1) is 19.0 Å². The van der Waals surface area contributed by atoms with Gasteiger partial charge in [-0.05, 0) is 66.6 Å². The summed E-state index contributed by atoms with van der Waals surface area (Å²) in [6, 6.07) is 20.5. The molecule has 1 aliphatic heterocycles. The Morgan fingerprint density at radius 2 is 1.61 bits per heavy atom. The Kier molecular flexibility index (Phi) is 10.7. The fourth-order valence-corrected chi connectivity index (χ4v) is 6.31. The molecule has 4 heterocycles. The van der Waals surface area contributed by atoms with Gasteiger partial charge in [-0.25, -0.2) is 9.97 Å². The van der Waals surface area contributed by atoms with Crippen LogP contribution in [0.3, 0.4) is 0 Å². The van der Waals surface area contributed by atoms with Crippen molar-refractivity contribution in [3.05, 3.63) is 107 Å². The molecule has 0 aliphatic carbocycles. The zero-order valence-corrected chi connectivity index (χ0v) is 28.6. The number of ether oxygens (including phenoxy) is 1. The minimum atomic E-state index is -0.235. The first-order valence-electron chi connectivity index (χ1n) is 17.1. The third-order valence-electron chi connectivity index (χ3n) is 9.01. The number of pyridine rings is 1. The lowest BCUT2D eigenvalue weighted by Crippen LogP contribution is -2.55. The number of nitrogens with one attached hydrogen (secondary N) is 1. The van der Waals surface area contributed by atoms with Gasteiger partial charge in [0, 0.05) is 48.1 Å². The molecule has 0 radical (unpaired) electrons. The van der Waals surface area contributed by atoms with Crippen LogP contribution in [0, 0.1) is 0 Å². The van der Waals surface area contributed by atoms with Crippen LogP contribution in [0.5, 0.6) is 5.75 Å². The minimum Gasteiger partial charge on any atom is -0.490 e. The van der Waals surface area contributed by atoms with E-state index in [-0.39, 0.29) is 12.1 Å². The fourth-order valence-electron chi connectivity index (χ4n) is 6.31. The van der Waals surface area contributed by atoms with E-state index in [1.807, 2.05) is 43.5 Å². The van der Waals surface area contributed by atoms with E-state index >= 15 is 0 Å². The highest BCUT2D eigenvalue weighted by molar-refractivity contribution is 6.06. The molecule has 3 aromatic heterocycles. The highest BCUT2D eigenvalue weighted by atomic mass is 16.5. The van der Waals surface area contributed by atoms with Gasteiger partial charge in [-0.1, -0.05) is 74.9 Å². The molecule has 0 bridgehead atoms. The maximum Gasteiger partial charge on any atom is 0.260 e. The number of anilines is 1. The lowest BCUT2D eigenvalue weighted by Gasteiger charge is -2.44. The van der Waals surface area contributed by atoms with E-state index < -0.39 is 0 Å². The summed E-state index contributed by atoms with van der Waals surface area (Å²) in [4.78, 5) is 32.2. The van der Waals surface area contributed by atoms with Crippen LogP contribution in [-0.4, -0.2) is 65.7 Å². The largest absolute Gasteiger partial charge is 0.490 e. The van der Waals surface area contributed by atoms with Crippen molar-refractivity contribution in [2.45, 2.75) is 72.4 Å². The second-order valence-electron chi connectivity index (χ2n) is 12.1. The summed E-state index contributed by atoms with van der Waals surface area (Å²) >= 11 is 0. The lowest BCUT2D eigenvalue weighted by molar-refractivity contribution is -0.117. The third kappa shape index (κ3) is 7.51. The number of carbonyl (C=O) groups is 1. The first-order valence-corrected chi connectivity index (χ1v) is 17.1. The number of unbranched alkanes of at least 4 members (excludes halogenated alkanes) is 1. The maximum absolute atomic E-state index is 14.4. The molecular formula is C38H43N9O2. The summed E-state index contributed by atoms with van der Waals surface area (Å²) in [5.41, 5.74) is 8.06. The molecule has 1 N–H and O–H groups in total. The number of tetrazole rings is 1. The molecule has 252 valence electrons. The highest BCUT2D eigenvalue weighted by Crippen LogP contribution is 2.34. The molecule has 1 unspecified atom stereocenters. The number of benzene rings is 2. The van der Waals surface area contributed by atoms with E-state index in [1.54, 1.807) is 17.3 Å². The molecule has 0 fully saturated rings. The maximum atomic E-state index is 14.4. The Balaban J connectivity index is 1.21. The molecule has 5 aromatic rings. The van der Waals surface area contributed by atoms with Crippen LogP contribution in [-0.2, 0) is 24.1 Å². The minimum absolute atomic E-state index is 0.0647. The Bertz CT molecular complexity index is 1860. The van der Waals surface area contributed by atoms with Gasteiger partial charge in [-0.2, -0.15) is 5.21 Å². The zero-order chi connectivity index (χ0) is 34.2. The topological polar surface area (TPSA) is 126 Å². The van der Waals surface area contributed by atoms with Gasteiger partial charge in [0.1, 0.15) is 6.17 Å². The van der Waals surface area contributed by atoms with Gasteiger partial charge in [0.15, 0.2) is 5.75 Å². The Hall–Kier alpha value is -5.45. The van der Waals surface area contributed by atoms with Crippen molar-refractivity contribution >= 4 is 11.9 Å². The molecule has 6 rings (SSSR count). The van der Waals surface area contributed by atoms with Crippen LogP contribution >= 0.6 is 0 Å². The number of nitrogens with zero attached hydrogens (tertiary/aromatic N) is 8. The fraction of sp³-hybridized carbons (Fsp3) is 0.342. The normalized spacial score (nSPS) is 14.9. The van der Waals surface area contributed by atoms with Gasteiger partial charge in [0.25, 0.3) is 5.91 Å². The average molecular weight is 658 g/mol. The van der Waals surface area contributed by atoms with E-state index in [0.29, 0.717) is 37.0 Å². The summed E-state index contributed by atoms with van der Waals surface area (Å²) in [5.74, 6) is 1.40. The number of H-pyrrole nitrogens is 1. The quantitative estimate of drug-likeness (QED) is 0.141. The van der Waals surface area contributed by atoms with E-state index in [1.165, 1.54) is 5.56 Å². The summed E-state index contributed by atoms with van der Waals surface area (Å²) in [5, 5.41) is 14.6. The summed E-state index contributed by atoms with van der Waals surface area (Å²) in [6.07, 6.45) is 9.99. The summed E-state index contributed by atoms with van der Waals surface area (Å²) in [7, 11) is 0. The van der Waals surface area contributed by atoms with Crippen LogP contribution < -0.4 is 9.64 Å². The molecule has 49 heavy (non-hydrogen) atoms. The Morgan fingerprint density at radius 3 is 2.27 bits per heavy atom. The summed E-state index contributed by atoms with van der Waals surface area (Å²) in [6.45, 7) is 9.69. The SMILES string of the molecule is CCCCC1=C(Cc2ccc(-c3ccccc3-c3nn[nH]n3)cc2)C(=O)N(c2ncc(OCCc3ccc(CC)cn3)cn2)C(C)N1CC. The molecule has 0 spiro atoms. The highest BCUT2D eigenvalue weighted by Gasteiger charge is 2.38. The number of rotatable bonds is 14. The monoisotopic (exact) mass is 657 g/mol. The first kappa shape index (κ1) is 33.5. The van der Waals surface area contributed by atoms with Crippen molar-refractivity contribution in [1.82, 2.24) is 40.5 Å². The van der Waals surface area contributed by atoms with Crippen LogP contribution in [0.4, 0.5) is 5.95 Å². The molecule has 1 atom stereocenters. The number of aryl methyl sites for hydroxylation is 1. The molecule has 1 aliphatic rings. The van der Waals surface area contributed by atoms with Crippen LogP contribution in [0.25, 0.3) is 22.5 Å². The molecule has 11 heteroatoms. The molecule has 0 saturated carbocycles. The number of carbonyl (C=O) groups excluding carboxylic acids is 1. The van der Waals surface area contributed by atoms with Crippen LogP contribution in [0.15, 0.2) is 90.5 Å². The molecule has 11 nitrogen and oxygen atoms in total. The van der Waals surface area contributed by atoms with Crippen molar-refractivity contribution in [1.29, 1.82) is 0 Å². The number of aromatic amines is 1. The van der Waals surface area contributed by atoms with Gasteiger partial charge in [-0.15, -0.1) is 10.2 Å². The number of hydrogen-bond acceptors (Lipinski definition) is 9. The third-order valence-corrected chi connectivity index (χ3v) is 9.01. The van der Waals surface area contributed by atoms with E-state index in [0.717, 1.165) is 71.4 Å². The predicted molar refractivity (Wildman–Crippen MR) is 189 cm³/mol. The molecule has 1 amide bonds. The number of allylic oxidation sites excluding steroid dienone is 1. The van der Waals surface area contributed by atoms with Gasteiger partial charge < -0.3 is 9.64 Å².